The van der Waals surface area contributed by atoms with Gasteiger partial charge < -0.3 is 9.47 Å². The summed E-state index contributed by atoms with van der Waals surface area (Å²) in [4.78, 5) is 13.9. The predicted octanol–water partition coefficient (Wildman–Crippen LogP) is 3.29. The summed E-state index contributed by atoms with van der Waals surface area (Å²) in [7, 11) is 3.42. The molecular formula is C23H32N4O2. The van der Waals surface area contributed by atoms with Crippen molar-refractivity contribution in [2.24, 2.45) is 5.41 Å². The third-order valence-electron chi connectivity index (χ3n) is 6.38. The maximum Gasteiger partial charge on any atom is 0.165 e. The molecule has 2 aromatic rings. The van der Waals surface area contributed by atoms with Gasteiger partial charge in [0.2, 0.25) is 0 Å². The van der Waals surface area contributed by atoms with Crippen LogP contribution in [0.4, 0.5) is 0 Å². The molecule has 1 aromatic heterocycles. The van der Waals surface area contributed by atoms with E-state index in [4.69, 9.17) is 9.47 Å². The Morgan fingerprint density at radius 2 is 1.72 bits per heavy atom. The van der Waals surface area contributed by atoms with Crippen molar-refractivity contribution < 1.29 is 9.47 Å². The van der Waals surface area contributed by atoms with Crippen LogP contribution in [0.1, 0.15) is 36.2 Å². The summed E-state index contributed by atoms with van der Waals surface area (Å²) in [5, 5.41) is 0. The lowest BCUT2D eigenvalue weighted by atomic mass is 9.79. The molecule has 6 nitrogen and oxygen atoms in total. The number of aromatic nitrogens is 2. The molecule has 156 valence electrons. The van der Waals surface area contributed by atoms with Crippen molar-refractivity contribution in [3.05, 3.63) is 47.5 Å². The van der Waals surface area contributed by atoms with Crippen molar-refractivity contribution in [1.29, 1.82) is 0 Å². The molecule has 1 unspecified atom stereocenters. The lowest BCUT2D eigenvalue weighted by Crippen LogP contribution is -2.44. The quantitative estimate of drug-likeness (QED) is 0.747. The second-order valence-corrected chi connectivity index (χ2v) is 8.57. The first kappa shape index (κ1) is 20.1. The summed E-state index contributed by atoms with van der Waals surface area (Å²) in [5.41, 5.74) is 2.81. The molecule has 0 saturated carbocycles. The fraction of sp³-hybridized carbons (Fsp3) is 0.565. The van der Waals surface area contributed by atoms with Gasteiger partial charge in [-0.05, 0) is 50.8 Å². The van der Waals surface area contributed by atoms with E-state index in [9.17, 15) is 0 Å². The van der Waals surface area contributed by atoms with E-state index in [0.717, 1.165) is 56.6 Å². The topological polar surface area (TPSA) is 50.7 Å². The number of para-hydroxylation sites is 1. The summed E-state index contributed by atoms with van der Waals surface area (Å²) < 4.78 is 11.1. The van der Waals surface area contributed by atoms with Crippen LogP contribution >= 0.6 is 0 Å². The Bertz CT molecular complexity index is 826. The van der Waals surface area contributed by atoms with Crippen LogP contribution in [-0.2, 0) is 13.1 Å². The fourth-order valence-corrected chi connectivity index (χ4v) is 5.02. The van der Waals surface area contributed by atoms with Gasteiger partial charge in [0, 0.05) is 49.7 Å². The summed E-state index contributed by atoms with van der Waals surface area (Å²) in [5.74, 6) is 2.51. The standard InChI is InChI=1S/C23H32N4O2/c1-18-24-12-19(13-25-18)14-27-11-9-23(17-27)8-5-10-26(16-23)15-20-6-4-7-21(28-2)22(20)29-3/h4,6-7,12-13H,5,8-11,14-17H2,1-3H3. The average Bonchev–Trinajstić information content (AvgIpc) is 3.11. The largest absolute Gasteiger partial charge is 0.493 e. The zero-order valence-corrected chi connectivity index (χ0v) is 17.9. The first-order valence-electron chi connectivity index (χ1n) is 10.5. The van der Waals surface area contributed by atoms with Crippen LogP contribution in [0, 0.1) is 12.3 Å². The highest BCUT2D eigenvalue weighted by atomic mass is 16.5. The first-order valence-corrected chi connectivity index (χ1v) is 10.5. The van der Waals surface area contributed by atoms with Crippen molar-refractivity contribution in [3.63, 3.8) is 0 Å². The smallest absolute Gasteiger partial charge is 0.165 e. The normalized spacial score (nSPS) is 22.9. The first-order chi connectivity index (χ1) is 14.1. The van der Waals surface area contributed by atoms with Crippen LogP contribution in [0.3, 0.4) is 0 Å². The molecule has 3 heterocycles. The Morgan fingerprint density at radius 1 is 0.966 bits per heavy atom. The molecule has 4 rings (SSSR count). The highest BCUT2D eigenvalue weighted by Gasteiger charge is 2.41. The van der Waals surface area contributed by atoms with E-state index in [1.54, 1.807) is 14.2 Å². The maximum atomic E-state index is 5.65. The number of ether oxygens (including phenoxy) is 2. The van der Waals surface area contributed by atoms with Gasteiger partial charge in [0.05, 0.1) is 14.2 Å². The Labute approximate surface area is 173 Å². The third-order valence-corrected chi connectivity index (χ3v) is 6.38. The Balaban J connectivity index is 1.40. The number of methoxy groups -OCH3 is 2. The zero-order valence-electron chi connectivity index (χ0n) is 17.9. The molecule has 0 aliphatic carbocycles. The lowest BCUT2D eigenvalue weighted by molar-refractivity contribution is 0.0859. The molecule has 2 aliphatic heterocycles. The number of hydrogen-bond donors (Lipinski definition) is 0. The number of benzene rings is 1. The molecule has 0 amide bonds. The number of likely N-dealkylation sites (tertiary alicyclic amines) is 2. The van der Waals surface area contributed by atoms with Gasteiger partial charge in [-0.3, -0.25) is 9.80 Å². The van der Waals surface area contributed by atoms with Gasteiger partial charge in [-0.25, -0.2) is 9.97 Å². The zero-order chi connectivity index (χ0) is 20.3. The summed E-state index contributed by atoms with van der Waals surface area (Å²) in [6.07, 6.45) is 7.78. The molecule has 1 spiro atoms. The monoisotopic (exact) mass is 396 g/mol. The molecule has 0 bridgehead atoms. The van der Waals surface area contributed by atoms with Crippen molar-refractivity contribution in [3.8, 4) is 11.5 Å². The molecule has 2 saturated heterocycles. The molecule has 0 N–H and O–H groups in total. The maximum absolute atomic E-state index is 5.65. The minimum atomic E-state index is 0.399. The van der Waals surface area contributed by atoms with E-state index < -0.39 is 0 Å². The highest BCUT2D eigenvalue weighted by molar-refractivity contribution is 5.46. The minimum Gasteiger partial charge on any atom is -0.493 e. The molecule has 29 heavy (non-hydrogen) atoms. The van der Waals surface area contributed by atoms with Crippen molar-refractivity contribution in [1.82, 2.24) is 19.8 Å². The van der Waals surface area contributed by atoms with E-state index in [0.29, 0.717) is 5.41 Å². The molecule has 6 heteroatoms. The van der Waals surface area contributed by atoms with Crippen LogP contribution in [0.15, 0.2) is 30.6 Å². The molecule has 2 aliphatic rings. The van der Waals surface area contributed by atoms with Crippen LogP contribution in [0.2, 0.25) is 0 Å². The van der Waals surface area contributed by atoms with E-state index in [2.05, 4.69) is 31.9 Å². The number of aryl methyl sites for hydroxylation is 1. The van der Waals surface area contributed by atoms with Gasteiger partial charge >= 0.3 is 0 Å². The van der Waals surface area contributed by atoms with Gasteiger partial charge in [0.1, 0.15) is 5.82 Å². The van der Waals surface area contributed by atoms with Crippen LogP contribution < -0.4 is 9.47 Å². The SMILES string of the molecule is COc1cccc(CN2CCCC3(CCN(Cc4cnc(C)nc4)C3)C2)c1OC. The second-order valence-electron chi connectivity index (χ2n) is 8.57. The van der Waals surface area contributed by atoms with E-state index in [1.807, 2.05) is 25.4 Å². The van der Waals surface area contributed by atoms with Crippen LogP contribution in [0.5, 0.6) is 11.5 Å². The molecule has 0 radical (unpaired) electrons. The van der Waals surface area contributed by atoms with Gasteiger partial charge in [0.15, 0.2) is 11.5 Å². The van der Waals surface area contributed by atoms with Gasteiger partial charge in [0.25, 0.3) is 0 Å². The molecular weight excluding hydrogens is 364 g/mol. The van der Waals surface area contributed by atoms with Crippen molar-refractivity contribution in [2.45, 2.75) is 39.3 Å². The van der Waals surface area contributed by atoms with E-state index in [-0.39, 0.29) is 0 Å². The number of rotatable bonds is 6. The number of piperidine rings is 1. The van der Waals surface area contributed by atoms with E-state index in [1.165, 1.54) is 30.4 Å². The van der Waals surface area contributed by atoms with E-state index >= 15 is 0 Å². The second kappa shape index (κ2) is 8.67. The highest BCUT2D eigenvalue weighted by Crippen LogP contribution is 2.40. The summed E-state index contributed by atoms with van der Waals surface area (Å²) in [6, 6.07) is 6.17. The summed E-state index contributed by atoms with van der Waals surface area (Å²) in [6.45, 7) is 8.40. The Hall–Kier alpha value is -2.18. The predicted molar refractivity (Wildman–Crippen MR) is 113 cm³/mol. The van der Waals surface area contributed by atoms with Gasteiger partial charge in [-0.15, -0.1) is 0 Å². The van der Waals surface area contributed by atoms with Crippen molar-refractivity contribution >= 4 is 0 Å². The van der Waals surface area contributed by atoms with Gasteiger partial charge in [-0.1, -0.05) is 12.1 Å². The minimum absolute atomic E-state index is 0.399. The number of hydrogen-bond acceptors (Lipinski definition) is 6. The lowest BCUT2D eigenvalue weighted by Gasteiger charge is -2.40. The summed E-state index contributed by atoms with van der Waals surface area (Å²) >= 11 is 0. The Morgan fingerprint density at radius 3 is 2.45 bits per heavy atom. The van der Waals surface area contributed by atoms with Gasteiger partial charge in [-0.2, -0.15) is 0 Å². The third kappa shape index (κ3) is 4.54. The molecule has 1 aromatic carbocycles. The average molecular weight is 397 g/mol. The van der Waals surface area contributed by atoms with Crippen LogP contribution in [0.25, 0.3) is 0 Å². The van der Waals surface area contributed by atoms with Crippen molar-refractivity contribution in [2.75, 3.05) is 40.4 Å². The van der Waals surface area contributed by atoms with Crippen LogP contribution in [-0.4, -0.2) is 60.2 Å². The molecule has 1 atom stereocenters. The number of nitrogens with zero attached hydrogens (tertiary/aromatic N) is 4. The Kier molecular flexibility index (Phi) is 6.01. The molecule has 2 fully saturated rings. The fourth-order valence-electron chi connectivity index (χ4n) is 5.02.